The molecule has 0 spiro atoms. The highest BCUT2D eigenvalue weighted by Crippen LogP contribution is 2.20. The molecule has 0 saturated carbocycles. The Morgan fingerprint density at radius 3 is 2.70 bits per heavy atom. The minimum atomic E-state index is -0.360. The lowest BCUT2D eigenvalue weighted by atomic mass is 10.2. The van der Waals surface area contributed by atoms with Crippen molar-refractivity contribution in [2.24, 2.45) is 0 Å². The van der Waals surface area contributed by atoms with Gasteiger partial charge in [-0.2, -0.15) is 0 Å². The van der Waals surface area contributed by atoms with Gasteiger partial charge in [0.05, 0.1) is 16.3 Å². The minimum absolute atomic E-state index is 0.360. The quantitative estimate of drug-likeness (QED) is 0.671. The minimum Gasteiger partial charge on any atom is -0.461 e. The number of halogens is 1. The van der Waals surface area contributed by atoms with Gasteiger partial charge in [0.15, 0.2) is 0 Å². The highest BCUT2D eigenvalue weighted by Gasteiger charge is 2.14. The van der Waals surface area contributed by atoms with Gasteiger partial charge in [-0.05, 0) is 25.2 Å². The molecule has 6 heteroatoms. The standard InChI is InChI=1S/C14H20ClN3O2/c1-17-4-6-18(7-5-17)8-9-20-14(19)11-2-3-13(16)12(15)10-11/h2-3,10H,4-9,16H2,1H3. The van der Waals surface area contributed by atoms with E-state index in [-0.39, 0.29) is 5.97 Å². The first-order valence-electron chi connectivity index (χ1n) is 6.69. The molecule has 1 aromatic carbocycles. The molecule has 0 bridgehead atoms. The van der Waals surface area contributed by atoms with Crippen LogP contribution in [-0.2, 0) is 4.74 Å². The van der Waals surface area contributed by atoms with Crippen molar-refractivity contribution in [2.75, 3.05) is 52.1 Å². The summed E-state index contributed by atoms with van der Waals surface area (Å²) < 4.78 is 5.26. The second-order valence-corrected chi connectivity index (χ2v) is 5.42. The number of nitrogen functional groups attached to an aromatic ring is 1. The average Bonchev–Trinajstić information content (AvgIpc) is 2.44. The van der Waals surface area contributed by atoms with E-state index in [1.807, 2.05) is 0 Å². The number of rotatable bonds is 4. The molecule has 110 valence electrons. The lowest BCUT2D eigenvalue weighted by molar-refractivity contribution is 0.0432. The second-order valence-electron chi connectivity index (χ2n) is 5.02. The van der Waals surface area contributed by atoms with Crippen LogP contribution in [0.15, 0.2) is 18.2 Å². The van der Waals surface area contributed by atoms with Gasteiger partial charge in [0.2, 0.25) is 0 Å². The monoisotopic (exact) mass is 297 g/mol. The molecule has 1 aromatic rings. The van der Waals surface area contributed by atoms with Crippen LogP contribution in [0.2, 0.25) is 5.02 Å². The van der Waals surface area contributed by atoms with E-state index >= 15 is 0 Å². The number of carbonyl (C=O) groups excluding carboxylic acids is 1. The molecular weight excluding hydrogens is 278 g/mol. The Labute approximate surface area is 124 Å². The van der Waals surface area contributed by atoms with E-state index in [4.69, 9.17) is 22.1 Å². The summed E-state index contributed by atoms with van der Waals surface area (Å²) >= 11 is 5.88. The summed E-state index contributed by atoms with van der Waals surface area (Å²) in [5.74, 6) is -0.360. The normalized spacial score (nSPS) is 17.1. The van der Waals surface area contributed by atoms with Crippen molar-refractivity contribution in [3.63, 3.8) is 0 Å². The van der Waals surface area contributed by atoms with Crippen LogP contribution in [0.4, 0.5) is 5.69 Å². The lowest BCUT2D eigenvalue weighted by Gasteiger charge is -2.32. The van der Waals surface area contributed by atoms with Crippen LogP contribution >= 0.6 is 11.6 Å². The fourth-order valence-corrected chi connectivity index (χ4v) is 2.26. The fourth-order valence-electron chi connectivity index (χ4n) is 2.08. The van der Waals surface area contributed by atoms with Gasteiger partial charge in [-0.3, -0.25) is 4.90 Å². The van der Waals surface area contributed by atoms with Crippen LogP contribution < -0.4 is 5.73 Å². The predicted octanol–water partition coefficient (Wildman–Crippen LogP) is 1.33. The zero-order valence-corrected chi connectivity index (χ0v) is 12.4. The largest absolute Gasteiger partial charge is 0.461 e. The number of nitrogens with two attached hydrogens (primary N) is 1. The molecule has 2 rings (SSSR count). The Kier molecular flexibility index (Phi) is 5.23. The molecule has 1 aliphatic rings. The summed E-state index contributed by atoms with van der Waals surface area (Å²) in [7, 11) is 2.11. The molecule has 20 heavy (non-hydrogen) atoms. The maximum absolute atomic E-state index is 11.9. The Balaban J connectivity index is 1.76. The number of benzene rings is 1. The molecule has 0 aromatic heterocycles. The summed E-state index contributed by atoms with van der Waals surface area (Å²) in [5, 5.41) is 0.374. The highest BCUT2D eigenvalue weighted by atomic mass is 35.5. The van der Waals surface area contributed by atoms with Crippen molar-refractivity contribution in [3.05, 3.63) is 28.8 Å². The van der Waals surface area contributed by atoms with Gasteiger partial charge in [0.1, 0.15) is 6.61 Å². The number of likely N-dealkylation sites (N-methyl/N-ethyl adjacent to an activating group) is 1. The third-order valence-corrected chi connectivity index (χ3v) is 3.80. The Morgan fingerprint density at radius 1 is 1.35 bits per heavy atom. The van der Waals surface area contributed by atoms with Crippen molar-refractivity contribution in [1.82, 2.24) is 9.80 Å². The highest BCUT2D eigenvalue weighted by molar-refractivity contribution is 6.33. The summed E-state index contributed by atoms with van der Waals surface area (Å²) in [5.41, 5.74) is 6.49. The number of ether oxygens (including phenoxy) is 1. The zero-order chi connectivity index (χ0) is 14.5. The summed E-state index contributed by atoms with van der Waals surface area (Å²) in [6.45, 7) is 5.30. The number of hydrogen-bond donors (Lipinski definition) is 1. The van der Waals surface area contributed by atoms with E-state index in [9.17, 15) is 4.79 Å². The van der Waals surface area contributed by atoms with Gasteiger partial charge >= 0.3 is 5.97 Å². The molecule has 0 atom stereocenters. The van der Waals surface area contributed by atoms with Crippen LogP contribution in [0.3, 0.4) is 0 Å². The number of piperazine rings is 1. The Morgan fingerprint density at radius 2 is 2.05 bits per heavy atom. The number of anilines is 1. The SMILES string of the molecule is CN1CCN(CCOC(=O)c2ccc(N)c(Cl)c2)CC1. The van der Waals surface area contributed by atoms with Gasteiger partial charge in [-0.1, -0.05) is 11.6 Å². The smallest absolute Gasteiger partial charge is 0.338 e. The van der Waals surface area contributed by atoms with Gasteiger partial charge < -0.3 is 15.4 Å². The predicted molar refractivity (Wildman–Crippen MR) is 80.1 cm³/mol. The van der Waals surface area contributed by atoms with Crippen LogP contribution in [0.1, 0.15) is 10.4 Å². The van der Waals surface area contributed by atoms with Crippen LogP contribution in [-0.4, -0.2) is 62.1 Å². The maximum Gasteiger partial charge on any atom is 0.338 e. The van der Waals surface area contributed by atoms with E-state index in [0.717, 1.165) is 32.7 Å². The molecular formula is C14H20ClN3O2. The van der Waals surface area contributed by atoms with Gasteiger partial charge in [0, 0.05) is 32.7 Å². The molecule has 1 heterocycles. The maximum atomic E-state index is 11.9. The molecule has 0 unspecified atom stereocenters. The average molecular weight is 298 g/mol. The molecule has 2 N–H and O–H groups in total. The molecule has 1 aliphatic heterocycles. The molecule has 5 nitrogen and oxygen atoms in total. The first-order valence-corrected chi connectivity index (χ1v) is 7.07. The summed E-state index contributed by atoms with van der Waals surface area (Å²) in [6.07, 6.45) is 0. The Hall–Kier alpha value is -1.30. The third kappa shape index (κ3) is 4.10. The first kappa shape index (κ1) is 15.1. The Bertz CT molecular complexity index is 473. The van der Waals surface area contributed by atoms with Gasteiger partial charge in [-0.15, -0.1) is 0 Å². The van der Waals surface area contributed by atoms with Crippen molar-refractivity contribution in [3.8, 4) is 0 Å². The number of nitrogens with zero attached hydrogens (tertiary/aromatic N) is 2. The molecule has 0 radical (unpaired) electrons. The summed E-state index contributed by atoms with van der Waals surface area (Å²) in [6, 6.07) is 4.77. The van der Waals surface area contributed by atoms with Crippen LogP contribution in [0.5, 0.6) is 0 Å². The van der Waals surface area contributed by atoms with Crippen molar-refractivity contribution in [2.45, 2.75) is 0 Å². The van der Waals surface area contributed by atoms with Gasteiger partial charge in [-0.25, -0.2) is 4.79 Å². The third-order valence-electron chi connectivity index (χ3n) is 3.47. The van der Waals surface area contributed by atoms with Crippen LogP contribution in [0, 0.1) is 0 Å². The molecule has 1 saturated heterocycles. The van der Waals surface area contributed by atoms with E-state index in [1.54, 1.807) is 12.1 Å². The van der Waals surface area contributed by atoms with Crippen molar-refractivity contribution >= 4 is 23.3 Å². The molecule has 0 amide bonds. The van der Waals surface area contributed by atoms with Gasteiger partial charge in [0.25, 0.3) is 0 Å². The van der Waals surface area contributed by atoms with E-state index in [0.29, 0.717) is 22.9 Å². The number of hydrogen-bond acceptors (Lipinski definition) is 5. The van der Waals surface area contributed by atoms with E-state index in [1.165, 1.54) is 6.07 Å². The van der Waals surface area contributed by atoms with Crippen molar-refractivity contribution in [1.29, 1.82) is 0 Å². The summed E-state index contributed by atoms with van der Waals surface area (Å²) in [4.78, 5) is 16.4. The molecule has 0 aliphatic carbocycles. The van der Waals surface area contributed by atoms with Crippen LogP contribution in [0.25, 0.3) is 0 Å². The number of carbonyl (C=O) groups is 1. The first-order chi connectivity index (χ1) is 9.56. The lowest BCUT2D eigenvalue weighted by Crippen LogP contribution is -2.45. The number of esters is 1. The zero-order valence-electron chi connectivity index (χ0n) is 11.6. The fraction of sp³-hybridized carbons (Fsp3) is 0.500. The van der Waals surface area contributed by atoms with Crippen molar-refractivity contribution < 1.29 is 9.53 Å². The van der Waals surface area contributed by atoms with E-state index in [2.05, 4.69) is 16.8 Å². The molecule has 1 fully saturated rings. The topological polar surface area (TPSA) is 58.8 Å². The van der Waals surface area contributed by atoms with E-state index < -0.39 is 0 Å². The second kappa shape index (κ2) is 6.92.